The van der Waals surface area contributed by atoms with Crippen LogP contribution in [0.3, 0.4) is 0 Å². The monoisotopic (exact) mass is 358 g/mol. The van der Waals surface area contributed by atoms with Gasteiger partial charge >= 0.3 is 23.7 Å². The number of hydrogen-bond donors (Lipinski definition) is 0. The lowest BCUT2D eigenvalue weighted by Crippen LogP contribution is -2.68. The van der Waals surface area contributed by atoms with E-state index in [0.29, 0.717) is 0 Å². The molecule has 5 unspecified atom stereocenters. The number of alkyl halides is 9. The Morgan fingerprint density at radius 2 is 1.39 bits per heavy atom. The Morgan fingerprint density at radius 3 is 1.78 bits per heavy atom. The molecular weight excluding hydrogens is 347 g/mol. The number of fused-ring (bicyclic) bond motifs is 2. The first-order chi connectivity index (χ1) is 10.2. The van der Waals surface area contributed by atoms with Gasteiger partial charge in [-0.25, -0.2) is 13.2 Å². The van der Waals surface area contributed by atoms with Crippen molar-refractivity contribution in [2.24, 2.45) is 5.92 Å². The number of carbonyl (C=O) groups is 1. The van der Waals surface area contributed by atoms with Crippen LogP contribution in [-0.2, 0) is 9.53 Å². The number of carbonyl (C=O) groups excluding carboxylic acids is 1. The molecule has 2 fully saturated rings. The molecule has 2 aliphatic carbocycles. The van der Waals surface area contributed by atoms with Crippen LogP contribution in [0.2, 0.25) is 0 Å². The van der Waals surface area contributed by atoms with E-state index in [0.717, 1.165) is 6.92 Å². The Morgan fingerprint density at radius 1 is 0.957 bits per heavy atom. The fourth-order valence-electron chi connectivity index (χ4n) is 2.78. The van der Waals surface area contributed by atoms with Crippen molar-refractivity contribution in [2.45, 2.75) is 61.6 Å². The summed E-state index contributed by atoms with van der Waals surface area (Å²) in [5.41, 5.74) is -11.5. The second kappa shape index (κ2) is 4.47. The third-order valence-corrected chi connectivity index (χ3v) is 4.52. The van der Waals surface area contributed by atoms with Crippen molar-refractivity contribution in [1.29, 1.82) is 0 Å². The third kappa shape index (κ3) is 1.52. The van der Waals surface area contributed by atoms with E-state index in [-0.39, 0.29) is 6.42 Å². The highest BCUT2D eigenvalue weighted by molar-refractivity contribution is 5.72. The maximum Gasteiger partial charge on any atom is 0.357 e. The molecule has 0 radical (unpaired) electrons. The summed E-state index contributed by atoms with van der Waals surface area (Å²) >= 11 is 0. The van der Waals surface area contributed by atoms with Gasteiger partial charge in [-0.2, -0.15) is 26.3 Å². The molecule has 0 aromatic heterocycles. The quantitative estimate of drug-likeness (QED) is 0.569. The minimum atomic E-state index is -6.32. The van der Waals surface area contributed by atoms with Gasteiger partial charge in [0.15, 0.2) is 12.3 Å². The van der Waals surface area contributed by atoms with Gasteiger partial charge < -0.3 is 4.74 Å². The van der Waals surface area contributed by atoms with Gasteiger partial charge in [-0.05, 0) is 6.42 Å². The normalized spacial score (nSPS) is 44.1. The summed E-state index contributed by atoms with van der Waals surface area (Å²) in [7, 11) is 0. The third-order valence-electron chi connectivity index (χ3n) is 4.52. The first-order valence-corrected chi connectivity index (χ1v) is 6.52. The molecule has 2 saturated carbocycles. The summed E-state index contributed by atoms with van der Waals surface area (Å²) < 4.78 is 127. The fraction of sp³-hybridized carbons (Fsp3) is 0.917. The summed E-state index contributed by atoms with van der Waals surface area (Å²) in [4.78, 5) is 11.4. The second-order valence-corrected chi connectivity index (χ2v) is 5.72. The lowest BCUT2D eigenvalue weighted by atomic mass is 9.85. The van der Waals surface area contributed by atoms with Crippen LogP contribution in [0.25, 0.3) is 0 Å². The van der Waals surface area contributed by atoms with E-state index >= 15 is 0 Å². The molecule has 5 atom stereocenters. The molecule has 0 N–H and O–H groups in total. The molecule has 0 amide bonds. The van der Waals surface area contributed by atoms with Gasteiger partial charge in [0.25, 0.3) is 11.3 Å². The van der Waals surface area contributed by atoms with Gasteiger partial charge in [-0.3, -0.25) is 4.79 Å². The SMILES string of the molecule is CCC(C)C(=O)OC1C(F)C2(F)C(F)(F)C(F)(F)C1(F)C2(F)F. The minimum Gasteiger partial charge on any atom is -0.455 e. The van der Waals surface area contributed by atoms with Gasteiger partial charge in [0, 0.05) is 0 Å². The maximum atomic E-state index is 14.3. The molecule has 23 heavy (non-hydrogen) atoms. The molecule has 2 bridgehead atoms. The van der Waals surface area contributed by atoms with Gasteiger partial charge in [0.1, 0.15) is 0 Å². The Labute approximate surface area is 124 Å². The van der Waals surface area contributed by atoms with Crippen molar-refractivity contribution in [3.63, 3.8) is 0 Å². The molecule has 0 spiro atoms. The predicted octanol–water partition coefficient (Wildman–Crippen LogP) is 3.63. The van der Waals surface area contributed by atoms with Crippen molar-refractivity contribution in [1.82, 2.24) is 0 Å². The Bertz CT molecular complexity index is 537. The lowest BCUT2D eigenvalue weighted by molar-refractivity contribution is -0.318. The van der Waals surface area contributed by atoms with Crippen LogP contribution < -0.4 is 0 Å². The van der Waals surface area contributed by atoms with Crippen LogP contribution in [0.15, 0.2) is 0 Å². The average Bonchev–Trinajstić information content (AvgIpc) is 2.60. The summed E-state index contributed by atoms with van der Waals surface area (Å²) in [6, 6.07) is 0. The highest BCUT2D eigenvalue weighted by atomic mass is 19.3. The van der Waals surface area contributed by atoms with Crippen LogP contribution in [0, 0.1) is 5.92 Å². The van der Waals surface area contributed by atoms with Crippen molar-refractivity contribution in [3.8, 4) is 0 Å². The predicted molar refractivity (Wildman–Crippen MR) is 56.8 cm³/mol. The van der Waals surface area contributed by atoms with E-state index < -0.39 is 53.3 Å². The van der Waals surface area contributed by atoms with Gasteiger partial charge in [-0.15, -0.1) is 0 Å². The number of ether oxygens (including phenoxy) is 1. The summed E-state index contributed by atoms with van der Waals surface area (Å²) in [5, 5.41) is 0. The smallest absolute Gasteiger partial charge is 0.357 e. The first-order valence-electron chi connectivity index (χ1n) is 6.52. The number of halogens is 9. The zero-order valence-electron chi connectivity index (χ0n) is 11.7. The molecule has 2 rings (SSSR count). The zero-order chi connectivity index (χ0) is 18.2. The standard InChI is InChI=1S/C12H11F9O2/c1-3-4(2)7(22)23-6-5(13)8(14)10(16,17)9(6,15)12(20,21)11(8,18)19/h4-6H,3H2,1-2H3. The summed E-state index contributed by atoms with van der Waals surface area (Å²) in [6.45, 7) is 2.49. The van der Waals surface area contributed by atoms with E-state index in [1.165, 1.54) is 6.92 Å². The average molecular weight is 358 g/mol. The summed E-state index contributed by atoms with van der Waals surface area (Å²) in [5.74, 6) is -21.4. The largest absolute Gasteiger partial charge is 0.455 e. The second-order valence-electron chi connectivity index (χ2n) is 5.72. The Hall–Kier alpha value is -1.16. The van der Waals surface area contributed by atoms with Gasteiger partial charge in [0.05, 0.1) is 5.92 Å². The molecular formula is C12H11F9O2. The van der Waals surface area contributed by atoms with Crippen molar-refractivity contribution < 1.29 is 49.0 Å². The zero-order valence-corrected chi connectivity index (χ0v) is 11.7. The Balaban J connectivity index is 2.57. The van der Waals surface area contributed by atoms with Crippen molar-refractivity contribution in [2.75, 3.05) is 0 Å². The first kappa shape index (κ1) is 18.2. The lowest BCUT2D eigenvalue weighted by Gasteiger charge is -2.39. The summed E-state index contributed by atoms with van der Waals surface area (Å²) in [6.07, 6.45) is -7.88. The molecule has 0 saturated heterocycles. The van der Waals surface area contributed by atoms with Crippen molar-refractivity contribution in [3.05, 3.63) is 0 Å². The fourth-order valence-corrected chi connectivity index (χ4v) is 2.78. The van der Waals surface area contributed by atoms with E-state index in [9.17, 15) is 44.3 Å². The van der Waals surface area contributed by atoms with Crippen LogP contribution in [-0.4, -0.2) is 47.4 Å². The molecule has 0 heterocycles. The molecule has 11 heteroatoms. The number of esters is 1. The minimum absolute atomic E-state index is 0.0223. The number of hydrogen-bond acceptors (Lipinski definition) is 2. The highest BCUT2D eigenvalue weighted by Gasteiger charge is 3.08. The van der Waals surface area contributed by atoms with Crippen LogP contribution in [0.5, 0.6) is 0 Å². The highest BCUT2D eigenvalue weighted by Crippen LogP contribution is 2.76. The number of rotatable bonds is 3. The van der Waals surface area contributed by atoms with Crippen molar-refractivity contribution >= 4 is 5.97 Å². The van der Waals surface area contributed by atoms with Crippen LogP contribution in [0.1, 0.15) is 20.3 Å². The topological polar surface area (TPSA) is 26.3 Å². The molecule has 0 aromatic rings. The van der Waals surface area contributed by atoms with Crippen LogP contribution in [0.4, 0.5) is 39.5 Å². The molecule has 2 nitrogen and oxygen atoms in total. The Kier molecular flexibility index (Phi) is 3.53. The van der Waals surface area contributed by atoms with Gasteiger partial charge in [0.2, 0.25) is 0 Å². The molecule has 0 aliphatic heterocycles. The van der Waals surface area contributed by atoms with E-state index in [1.54, 1.807) is 0 Å². The van der Waals surface area contributed by atoms with E-state index in [1.807, 2.05) is 0 Å². The molecule has 0 aromatic carbocycles. The van der Waals surface area contributed by atoms with E-state index in [4.69, 9.17) is 0 Å². The van der Waals surface area contributed by atoms with Crippen LogP contribution >= 0.6 is 0 Å². The maximum absolute atomic E-state index is 14.3. The van der Waals surface area contributed by atoms with Gasteiger partial charge in [-0.1, -0.05) is 13.8 Å². The molecule has 134 valence electrons. The molecule has 2 aliphatic rings. The van der Waals surface area contributed by atoms with E-state index in [2.05, 4.69) is 4.74 Å².